The molecule has 3 heterocycles. The number of nitrogen functional groups attached to an aromatic ring is 1. The highest BCUT2D eigenvalue weighted by Crippen LogP contribution is 2.29. The molecule has 1 aromatic carbocycles. The highest BCUT2D eigenvalue weighted by molar-refractivity contribution is 6.06. The Kier molecular flexibility index (Phi) is 11.9. The van der Waals surface area contributed by atoms with E-state index in [1.165, 1.54) is 0 Å². The number of nitrogens with zero attached hydrogens (tertiary/aromatic N) is 5. The number of nitrogens with one attached hydrogen (secondary N) is 1. The van der Waals surface area contributed by atoms with Crippen LogP contribution in [0.4, 0.5) is 5.82 Å². The Labute approximate surface area is 277 Å². The topological polar surface area (TPSA) is 109 Å². The second-order valence-electron chi connectivity index (χ2n) is 12.1. The Hall–Kier alpha value is -4.76. The summed E-state index contributed by atoms with van der Waals surface area (Å²) in [5.74, 6) is 1.44. The number of benzene rings is 1. The third-order valence-electron chi connectivity index (χ3n) is 8.78. The molecule has 3 N–H and O–H groups in total. The first kappa shape index (κ1) is 33.6. The molecule has 2 aromatic heterocycles. The number of carbonyl (C=O) groups is 2. The fraction of sp³-hybridized carbons (Fsp3) is 0.368. The van der Waals surface area contributed by atoms with Crippen molar-refractivity contribution < 1.29 is 9.59 Å². The van der Waals surface area contributed by atoms with Gasteiger partial charge in [0.25, 0.3) is 0 Å². The molecular formula is C38H47N7O2. The van der Waals surface area contributed by atoms with Crippen LogP contribution in [0.25, 0.3) is 21.9 Å². The number of pyridine rings is 1. The van der Waals surface area contributed by atoms with Gasteiger partial charge in [0.15, 0.2) is 5.82 Å². The molecule has 1 aliphatic carbocycles. The van der Waals surface area contributed by atoms with Gasteiger partial charge in [-0.1, -0.05) is 92.3 Å². The van der Waals surface area contributed by atoms with Gasteiger partial charge in [0, 0.05) is 70.5 Å². The Morgan fingerprint density at radius 3 is 2.32 bits per heavy atom. The summed E-state index contributed by atoms with van der Waals surface area (Å²) in [7, 11) is 0. The molecule has 0 unspecified atom stereocenters. The Morgan fingerprint density at radius 1 is 0.872 bits per heavy atom. The highest BCUT2D eigenvalue weighted by Gasteiger charge is 2.23. The number of nitrogens with two attached hydrogens (primary N) is 1. The smallest absolute Gasteiger partial charge is 0.223 e. The zero-order valence-corrected chi connectivity index (χ0v) is 27.7. The molecule has 1 fully saturated rings. The number of imidazole rings is 1. The van der Waals surface area contributed by atoms with Crippen molar-refractivity contribution in [2.75, 3.05) is 45.0 Å². The predicted octanol–water partition coefficient (Wildman–Crippen LogP) is 5.66. The van der Waals surface area contributed by atoms with Gasteiger partial charge in [0.2, 0.25) is 11.8 Å². The number of allylic oxidation sites excluding steroid dienone is 10. The molecule has 0 radical (unpaired) electrons. The third-order valence-corrected chi connectivity index (χ3v) is 8.78. The van der Waals surface area contributed by atoms with Crippen LogP contribution in [-0.2, 0) is 22.6 Å². The summed E-state index contributed by atoms with van der Waals surface area (Å²) >= 11 is 0. The van der Waals surface area contributed by atoms with Crippen molar-refractivity contribution in [3.63, 3.8) is 0 Å². The maximum Gasteiger partial charge on any atom is 0.223 e. The van der Waals surface area contributed by atoms with E-state index in [9.17, 15) is 9.59 Å². The second kappa shape index (κ2) is 16.7. The van der Waals surface area contributed by atoms with Crippen LogP contribution in [0.15, 0.2) is 96.2 Å². The number of rotatable bonds is 11. The first-order valence-electron chi connectivity index (χ1n) is 16.8. The SMILES string of the molecule is CCCCc1nc2c(N)nc3ccccc3c2n1CCN1CCN(C(=O)CCC(=O)NCC2=C/C=C\C=C/C=C\C=C/C=C\2C)CC1. The molecule has 2 aliphatic rings. The number of piperazine rings is 1. The molecule has 9 nitrogen and oxygen atoms in total. The van der Waals surface area contributed by atoms with Crippen LogP contribution in [0.2, 0.25) is 0 Å². The first-order chi connectivity index (χ1) is 22.9. The van der Waals surface area contributed by atoms with Gasteiger partial charge in [0.05, 0.1) is 11.0 Å². The quantitative estimate of drug-likeness (QED) is 0.282. The minimum absolute atomic E-state index is 0.0333. The fourth-order valence-electron chi connectivity index (χ4n) is 5.99. The van der Waals surface area contributed by atoms with E-state index in [-0.39, 0.29) is 24.7 Å². The lowest BCUT2D eigenvalue weighted by Crippen LogP contribution is -2.49. The van der Waals surface area contributed by atoms with Gasteiger partial charge in [-0.05, 0) is 30.6 Å². The normalized spacial score (nSPS) is 20.8. The molecule has 2 amide bonds. The number of hydrogen-bond acceptors (Lipinski definition) is 6. The van der Waals surface area contributed by atoms with Crippen molar-refractivity contribution in [2.24, 2.45) is 0 Å². The summed E-state index contributed by atoms with van der Waals surface area (Å²) < 4.78 is 2.33. The number of hydrogen-bond donors (Lipinski definition) is 2. The summed E-state index contributed by atoms with van der Waals surface area (Å²) in [5.41, 5.74) is 11.2. The minimum Gasteiger partial charge on any atom is -0.382 e. The molecule has 9 heteroatoms. The Bertz CT molecular complexity index is 1750. The lowest BCUT2D eigenvalue weighted by Gasteiger charge is -2.35. The number of anilines is 1. The van der Waals surface area contributed by atoms with Gasteiger partial charge in [-0.2, -0.15) is 0 Å². The van der Waals surface area contributed by atoms with Crippen molar-refractivity contribution in [3.8, 4) is 0 Å². The van der Waals surface area contributed by atoms with Gasteiger partial charge in [-0.3, -0.25) is 14.5 Å². The van der Waals surface area contributed by atoms with Crippen LogP contribution in [0, 0.1) is 0 Å². The van der Waals surface area contributed by atoms with Crippen LogP contribution in [0.3, 0.4) is 0 Å². The Morgan fingerprint density at radius 2 is 1.57 bits per heavy atom. The van der Waals surface area contributed by atoms with E-state index in [2.05, 4.69) is 32.8 Å². The molecule has 0 atom stereocenters. The van der Waals surface area contributed by atoms with Crippen LogP contribution in [-0.4, -0.2) is 75.4 Å². The molecule has 5 rings (SSSR count). The monoisotopic (exact) mass is 633 g/mol. The number of carbonyl (C=O) groups excluding carboxylic acids is 2. The third kappa shape index (κ3) is 8.95. The van der Waals surface area contributed by atoms with Gasteiger partial charge in [-0.25, -0.2) is 9.97 Å². The highest BCUT2D eigenvalue weighted by atomic mass is 16.2. The minimum atomic E-state index is -0.117. The number of aromatic nitrogens is 3. The molecule has 0 saturated carbocycles. The van der Waals surface area contributed by atoms with Crippen molar-refractivity contribution in [1.29, 1.82) is 0 Å². The largest absolute Gasteiger partial charge is 0.382 e. The molecule has 3 aromatic rings. The molecule has 0 bridgehead atoms. The van der Waals surface area contributed by atoms with E-state index in [0.29, 0.717) is 25.5 Å². The van der Waals surface area contributed by atoms with Crippen LogP contribution >= 0.6 is 0 Å². The van der Waals surface area contributed by atoms with Crippen LogP contribution in [0.1, 0.15) is 45.4 Å². The van der Waals surface area contributed by atoms with Crippen molar-refractivity contribution >= 4 is 39.6 Å². The van der Waals surface area contributed by atoms with Crippen molar-refractivity contribution in [1.82, 2.24) is 29.7 Å². The molecule has 1 saturated heterocycles. The van der Waals surface area contributed by atoms with E-state index < -0.39 is 0 Å². The predicted molar refractivity (Wildman–Crippen MR) is 192 cm³/mol. The lowest BCUT2D eigenvalue weighted by atomic mass is 10.1. The van der Waals surface area contributed by atoms with E-state index in [1.807, 2.05) is 90.8 Å². The first-order valence-corrected chi connectivity index (χ1v) is 16.8. The molecule has 1 aliphatic heterocycles. The summed E-state index contributed by atoms with van der Waals surface area (Å²) in [6.45, 7) is 9.20. The molecule has 47 heavy (non-hydrogen) atoms. The Balaban J connectivity index is 1.12. The van der Waals surface area contributed by atoms with Crippen LogP contribution < -0.4 is 11.1 Å². The number of aryl methyl sites for hydroxylation is 1. The van der Waals surface area contributed by atoms with Gasteiger partial charge < -0.3 is 20.5 Å². The van der Waals surface area contributed by atoms with Crippen molar-refractivity contribution in [2.45, 2.75) is 52.5 Å². The second-order valence-corrected chi connectivity index (χ2v) is 12.1. The summed E-state index contributed by atoms with van der Waals surface area (Å²) in [6, 6.07) is 8.11. The summed E-state index contributed by atoms with van der Waals surface area (Å²) in [5, 5.41) is 4.07. The summed E-state index contributed by atoms with van der Waals surface area (Å²) in [4.78, 5) is 39.6. The number of fused-ring (bicyclic) bond motifs is 3. The zero-order chi connectivity index (χ0) is 33.0. The number of amides is 2. The zero-order valence-electron chi connectivity index (χ0n) is 27.7. The van der Waals surface area contributed by atoms with E-state index >= 15 is 0 Å². The fourth-order valence-corrected chi connectivity index (χ4v) is 5.99. The van der Waals surface area contributed by atoms with E-state index in [0.717, 1.165) is 84.3 Å². The molecular weight excluding hydrogens is 586 g/mol. The number of unbranched alkanes of at least 4 members (excludes halogenated alkanes) is 1. The maximum atomic E-state index is 13.0. The van der Waals surface area contributed by atoms with Gasteiger partial charge in [-0.15, -0.1) is 0 Å². The average Bonchev–Trinajstić information content (AvgIpc) is 3.46. The molecule has 246 valence electrons. The summed E-state index contributed by atoms with van der Waals surface area (Å²) in [6.07, 6.45) is 23.3. The van der Waals surface area contributed by atoms with Crippen LogP contribution in [0.5, 0.6) is 0 Å². The van der Waals surface area contributed by atoms with Gasteiger partial charge in [0.1, 0.15) is 11.3 Å². The standard InChI is InChI=1S/C38H47N7O2/c1-3-4-19-33-42-36-37(31-17-13-14-18-32(31)41-38(36)39)45(33)27-24-43-22-25-44(26-23-43)35(47)21-20-34(46)40-28-30-16-12-10-8-6-5-7-9-11-15-29(30)2/h5-18H,3-4,19-28H2,1-2H3,(H2,39,41)(H,40,46)/b6-5?,7-5-,8-6-,9-7?,10-8?,11-9-,12-10-,15-11?,16-12?,29-15-,30-16-,30-29?. The average molecular weight is 634 g/mol. The molecule has 0 spiro atoms. The van der Waals surface area contributed by atoms with Crippen molar-refractivity contribution in [3.05, 3.63) is 102 Å². The number of para-hydroxylation sites is 1. The lowest BCUT2D eigenvalue weighted by molar-refractivity contribution is -0.135. The van der Waals surface area contributed by atoms with Gasteiger partial charge >= 0.3 is 0 Å². The van der Waals surface area contributed by atoms with E-state index in [1.54, 1.807) is 0 Å². The maximum absolute atomic E-state index is 13.0. The van der Waals surface area contributed by atoms with E-state index in [4.69, 9.17) is 10.7 Å².